The first-order valence-corrected chi connectivity index (χ1v) is 7.59. The Kier molecular flexibility index (Phi) is 8.66. The van der Waals surface area contributed by atoms with Gasteiger partial charge in [0.2, 0.25) is 0 Å². The normalized spacial score (nSPS) is 14.4. The number of halogens is 1. The summed E-state index contributed by atoms with van der Waals surface area (Å²) in [4.78, 5) is 0. The van der Waals surface area contributed by atoms with Crippen molar-refractivity contribution in [1.29, 1.82) is 0 Å². The lowest BCUT2D eigenvalue weighted by Gasteiger charge is -2.19. The first-order chi connectivity index (χ1) is 10.7. The monoisotopic (exact) mass is 337 g/mol. The van der Waals surface area contributed by atoms with Gasteiger partial charge in [-0.2, -0.15) is 0 Å². The van der Waals surface area contributed by atoms with Gasteiger partial charge in [-0.25, -0.2) is 0 Å². The van der Waals surface area contributed by atoms with Gasteiger partial charge in [0.15, 0.2) is 0 Å². The van der Waals surface area contributed by atoms with Crippen LogP contribution in [0.3, 0.4) is 0 Å². The van der Waals surface area contributed by atoms with E-state index < -0.39 is 12.2 Å². The number of hydrogen-bond donors (Lipinski definition) is 3. The molecule has 3 atom stereocenters. The molecule has 4 nitrogen and oxygen atoms in total. The van der Waals surface area contributed by atoms with Crippen molar-refractivity contribution in [1.82, 2.24) is 0 Å². The lowest BCUT2D eigenvalue weighted by atomic mass is 10.0. The molecule has 0 heterocycles. The Morgan fingerprint density at radius 3 is 2.13 bits per heavy atom. The molecule has 0 radical (unpaired) electrons. The Labute approximate surface area is 143 Å². The zero-order valence-corrected chi connectivity index (χ0v) is 13.9. The van der Waals surface area contributed by atoms with Crippen LogP contribution < -0.4 is 22.5 Å². The van der Waals surface area contributed by atoms with E-state index in [9.17, 15) is 10.2 Å². The van der Waals surface area contributed by atoms with Gasteiger partial charge >= 0.3 is 0 Å². The molecule has 0 aliphatic heterocycles. The van der Waals surface area contributed by atoms with E-state index in [0.29, 0.717) is 6.54 Å². The molecule has 4 N–H and O–H groups in total. The minimum atomic E-state index is -0.578. The zero-order chi connectivity index (χ0) is 15.8. The van der Waals surface area contributed by atoms with Crippen LogP contribution in [-0.4, -0.2) is 35.5 Å². The molecule has 0 amide bonds. The van der Waals surface area contributed by atoms with Gasteiger partial charge in [-0.3, -0.25) is 0 Å². The van der Waals surface area contributed by atoms with Crippen molar-refractivity contribution in [3.63, 3.8) is 0 Å². The van der Waals surface area contributed by atoms with E-state index in [0.717, 1.165) is 11.3 Å². The molecule has 2 rings (SSSR count). The molecule has 23 heavy (non-hydrogen) atoms. The van der Waals surface area contributed by atoms with Gasteiger partial charge in [0, 0.05) is 0 Å². The molecule has 0 saturated heterocycles. The van der Waals surface area contributed by atoms with Crippen molar-refractivity contribution in [3.05, 3.63) is 66.2 Å². The average molecular weight is 338 g/mol. The quantitative estimate of drug-likeness (QED) is 0.528. The van der Waals surface area contributed by atoms with E-state index in [1.54, 1.807) is 0 Å². The number of quaternary nitrogens is 1. The second kappa shape index (κ2) is 10.2. The molecular formula is C18H24ClNO3. The van der Waals surface area contributed by atoms with Gasteiger partial charge in [-0.05, 0) is 24.6 Å². The summed E-state index contributed by atoms with van der Waals surface area (Å²) in [7, 11) is 0. The fraction of sp³-hybridized carbons (Fsp3) is 0.333. The first-order valence-electron chi connectivity index (χ1n) is 7.59. The van der Waals surface area contributed by atoms with Crippen LogP contribution in [0.4, 0.5) is 0 Å². The summed E-state index contributed by atoms with van der Waals surface area (Å²) in [6, 6.07) is 19.0. The summed E-state index contributed by atoms with van der Waals surface area (Å²) in [6.45, 7) is 2.68. The average Bonchev–Trinajstić information content (AvgIpc) is 2.58. The van der Waals surface area contributed by atoms with Gasteiger partial charge in [0.1, 0.15) is 37.2 Å². The molecule has 0 aliphatic carbocycles. The highest BCUT2D eigenvalue weighted by atomic mass is 35.5. The van der Waals surface area contributed by atoms with Gasteiger partial charge in [-0.15, -0.1) is 0 Å². The maximum Gasteiger partial charge on any atom is 0.137 e. The number of para-hydroxylation sites is 1. The summed E-state index contributed by atoms with van der Waals surface area (Å²) in [5.41, 5.74) is 0.890. The molecule has 2 aromatic carbocycles. The van der Waals surface area contributed by atoms with E-state index in [-0.39, 0.29) is 25.1 Å². The molecule has 0 fully saturated rings. The SMILES string of the molecule is CC([NH2+]CC(O)COc1ccccc1)C(O)c1ccccc1.[Cl-]. The number of ether oxygens (including phenoxy) is 1. The third-order valence-electron chi connectivity index (χ3n) is 3.60. The van der Waals surface area contributed by atoms with Gasteiger partial charge in [0.05, 0.1) is 0 Å². The van der Waals surface area contributed by atoms with Crippen molar-refractivity contribution >= 4 is 0 Å². The standard InChI is InChI=1S/C18H23NO3.ClH/c1-14(18(21)15-8-4-2-5-9-15)19-12-16(20)13-22-17-10-6-3-7-11-17;/h2-11,14,16,18-21H,12-13H2,1H3;1H. The Morgan fingerprint density at radius 1 is 0.957 bits per heavy atom. The molecular weight excluding hydrogens is 314 g/mol. The molecule has 0 saturated carbocycles. The van der Waals surface area contributed by atoms with Gasteiger partial charge in [-0.1, -0.05) is 48.5 Å². The summed E-state index contributed by atoms with van der Waals surface area (Å²) in [5.74, 6) is 0.749. The van der Waals surface area contributed by atoms with Crippen LogP contribution in [0.2, 0.25) is 0 Å². The number of benzene rings is 2. The Morgan fingerprint density at radius 2 is 1.52 bits per heavy atom. The molecule has 0 bridgehead atoms. The van der Waals surface area contributed by atoms with E-state index in [1.807, 2.05) is 72.9 Å². The van der Waals surface area contributed by atoms with Crippen molar-refractivity contribution in [2.45, 2.75) is 25.2 Å². The maximum atomic E-state index is 10.3. The molecule has 126 valence electrons. The van der Waals surface area contributed by atoms with E-state index >= 15 is 0 Å². The minimum Gasteiger partial charge on any atom is -1.00 e. The molecule has 0 spiro atoms. The van der Waals surface area contributed by atoms with Crippen molar-refractivity contribution in [2.75, 3.05) is 13.2 Å². The number of aliphatic hydroxyl groups is 2. The number of hydrogen-bond acceptors (Lipinski definition) is 3. The number of aliphatic hydroxyl groups excluding tert-OH is 2. The predicted octanol–water partition coefficient (Wildman–Crippen LogP) is -1.88. The third-order valence-corrected chi connectivity index (χ3v) is 3.60. The molecule has 0 aromatic heterocycles. The second-order valence-electron chi connectivity index (χ2n) is 5.46. The van der Waals surface area contributed by atoms with Crippen LogP contribution >= 0.6 is 0 Å². The van der Waals surface area contributed by atoms with Gasteiger partial charge < -0.3 is 32.7 Å². The van der Waals surface area contributed by atoms with E-state index in [4.69, 9.17) is 4.74 Å². The van der Waals surface area contributed by atoms with Crippen molar-refractivity contribution in [3.8, 4) is 5.75 Å². The highest BCUT2D eigenvalue weighted by Crippen LogP contribution is 2.13. The largest absolute Gasteiger partial charge is 1.00 e. The smallest absolute Gasteiger partial charge is 0.137 e. The molecule has 5 heteroatoms. The highest BCUT2D eigenvalue weighted by molar-refractivity contribution is 5.21. The van der Waals surface area contributed by atoms with Crippen LogP contribution in [0.1, 0.15) is 18.6 Å². The van der Waals surface area contributed by atoms with Crippen LogP contribution in [0.25, 0.3) is 0 Å². The van der Waals surface area contributed by atoms with Gasteiger partial charge in [0.25, 0.3) is 0 Å². The molecule has 3 unspecified atom stereocenters. The topological polar surface area (TPSA) is 66.3 Å². The van der Waals surface area contributed by atoms with E-state index in [1.165, 1.54) is 0 Å². The lowest BCUT2D eigenvalue weighted by Crippen LogP contribution is -3.00. The zero-order valence-electron chi connectivity index (χ0n) is 13.2. The summed E-state index contributed by atoms with van der Waals surface area (Å²) >= 11 is 0. The van der Waals surface area contributed by atoms with Crippen LogP contribution in [0.5, 0.6) is 5.75 Å². The number of nitrogens with two attached hydrogens (primary N) is 1. The molecule has 0 aliphatic rings. The Bertz CT molecular complexity index is 538. The van der Waals surface area contributed by atoms with Crippen LogP contribution in [-0.2, 0) is 0 Å². The number of rotatable bonds is 8. The first kappa shape index (κ1) is 19.5. The summed E-state index contributed by atoms with van der Waals surface area (Å²) in [6.07, 6.45) is -1.13. The fourth-order valence-corrected chi connectivity index (χ4v) is 2.23. The van der Waals surface area contributed by atoms with Crippen LogP contribution in [0, 0.1) is 0 Å². The Hall–Kier alpha value is -1.59. The van der Waals surface area contributed by atoms with Crippen molar-refractivity contribution < 1.29 is 32.7 Å². The third kappa shape index (κ3) is 6.59. The lowest BCUT2D eigenvalue weighted by molar-refractivity contribution is -0.699. The van der Waals surface area contributed by atoms with Crippen LogP contribution in [0.15, 0.2) is 60.7 Å². The predicted molar refractivity (Wildman–Crippen MR) is 85.6 cm³/mol. The maximum absolute atomic E-state index is 10.3. The Balaban J connectivity index is 0.00000264. The molecule has 2 aromatic rings. The van der Waals surface area contributed by atoms with Crippen molar-refractivity contribution in [2.24, 2.45) is 0 Å². The summed E-state index contributed by atoms with van der Waals surface area (Å²) in [5, 5.41) is 22.2. The summed E-state index contributed by atoms with van der Waals surface area (Å²) < 4.78 is 5.51. The fourth-order valence-electron chi connectivity index (χ4n) is 2.23. The van der Waals surface area contributed by atoms with E-state index in [2.05, 4.69) is 0 Å². The highest BCUT2D eigenvalue weighted by Gasteiger charge is 2.20. The second-order valence-corrected chi connectivity index (χ2v) is 5.46. The minimum absolute atomic E-state index is 0.